The molecule has 0 radical (unpaired) electrons. The number of rotatable bonds is 7. The molecule has 0 heterocycles. The van der Waals surface area contributed by atoms with Crippen LogP contribution in [0.2, 0.25) is 0 Å². The van der Waals surface area contributed by atoms with Gasteiger partial charge in [0.1, 0.15) is 5.75 Å². The van der Waals surface area contributed by atoms with Crippen LogP contribution < -0.4 is 10.5 Å². The molecule has 3 heteroatoms. The SMILES string of the molecule is COc1c(C)cc(CCN(C)CCC(C)N)cc1C. The largest absolute Gasteiger partial charge is 0.496 e. The Kier molecular flexibility index (Phi) is 6.32. The molecular formula is C16H28N2O. The van der Waals surface area contributed by atoms with Crippen molar-refractivity contribution in [3.63, 3.8) is 0 Å². The maximum absolute atomic E-state index is 5.78. The van der Waals surface area contributed by atoms with Crippen molar-refractivity contribution in [2.75, 3.05) is 27.2 Å². The molecule has 1 atom stereocenters. The number of aryl methyl sites for hydroxylation is 2. The topological polar surface area (TPSA) is 38.5 Å². The van der Waals surface area contributed by atoms with Gasteiger partial charge in [-0.2, -0.15) is 0 Å². The minimum Gasteiger partial charge on any atom is -0.496 e. The van der Waals surface area contributed by atoms with Gasteiger partial charge in [-0.25, -0.2) is 0 Å². The van der Waals surface area contributed by atoms with Crippen LogP contribution in [0.1, 0.15) is 30.0 Å². The van der Waals surface area contributed by atoms with Crippen LogP contribution in [-0.4, -0.2) is 38.2 Å². The molecule has 3 nitrogen and oxygen atoms in total. The second kappa shape index (κ2) is 7.51. The lowest BCUT2D eigenvalue weighted by Crippen LogP contribution is -2.27. The van der Waals surface area contributed by atoms with Gasteiger partial charge < -0.3 is 15.4 Å². The number of methoxy groups -OCH3 is 1. The minimum absolute atomic E-state index is 0.285. The van der Waals surface area contributed by atoms with Crippen molar-refractivity contribution in [1.29, 1.82) is 0 Å². The molecule has 0 bridgehead atoms. The van der Waals surface area contributed by atoms with Gasteiger partial charge in [-0.3, -0.25) is 0 Å². The lowest BCUT2D eigenvalue weighted by atomic mass is 10.0. The highest BCUT2D eigenvalue weighted by Gasteiger charge is 2.06. The molecule has 1 rings (SSSR count). The number of ether oxygens (including phenoxy) is 1. The van der Waals surface area contributed by atoms with Crippen LogP contribution in [0.3, 0.4) is 0 Å². The van der Waals surface area contributed by atoms with Gasteiger partial charge in [-0.1, -0.05) is 12.1 Å². The molecule has 108 valence electrons. The summed E-state index contributed by atoms with van der Waals surface area (Å²) in [5.41, 5.74) is 9.59. The van der Waals surface area contributed by atoms with Crippen molar-refractivity contribution in [3.05, 3.63) is 28.8 Å². The molecule has 1 aromatic rings. The number of likely N-dealkylation sites (N-methyl/N-ethyl adjacent to an activating group) is 1. The monoisotopic (exact) mass is 264 g/mol. The van der Waals surface area contributed by atoms with Crippen molar-refractivity contribution in [2.24, 2.45) is 5.73 Å². The Bertz CT molecular complexity index is 379. The molecule has 0 fully saturated rings. The fraction of sp³-hybridized carbons (Fsp3) is 0.625. The zero-order chi connectivity index (χ0) is 14.4. The third kappa shape index (κ3) is 5.21. The van der Waals surface area contributed by atoms with E-state index in [4.69, 9.17) is 10.5 Å². The normalized spacial score (nSPS) is 12.8. The zero-order valence-corrected chi connectivity index (χ0v) is 13.0. The summed E-state index contributed by atoms with van der Waals surface area (Å²) in [4.78, 5) is 2.35. The van der Waals surface area contributed by atoms with Gasteiger partial charge in [0.25, 0.3) is 0 Å². The smallest absolute Gasteiger partial charge is 0.124 e. The van der Waals surface area contributed by atoms with Crippen LogP contribution in [0.4, 0.5) is 0 Å². The summed E-state index contributed by atoms with van der Waals surface area (Å²) in [6, 6.07) is 4.74. The minimum atomic E-state index is 0.285. The van der Waals surface area contributed by atoms with Crippen molar-refractivity contribution in [3.8, 4) is 5.75 Å². The Morgan fingerprint density at radius 2 is 1.79 bits per heavy atom. The molecule has 1 unspecified atom stereocenters. The quantitative estimate of drug-likeness (QED) is 0.822. The second-order valence-electron chi connectivity index (χ2n) is 5.58. The highest BCUT2D eigenvalue weighted by atomic mass is 16.5. The molecule has 0 saturated heterocycles. The number of hydrogen-bond acceptors (Lipinski definition) is 3. The van der Waals surface area contributed by atoms with E-state index in [9.17, 15) is 0 Å². The van der Waals surface area contributed by atoms with Crippen LogP contribution >= 0.6 is 0 Å². The third-order valence-corrected chi connectivity index (χ3v) is 3.47. The number of nitrogens with two attached hydrogens (primary N) is 1. The fourth-order valence-corrected chi connectivity index (χ4v) is 2.36. The summed E-state index contributed by atoms with van der Waals surface area (Å²) in [6.45, 7) is 8.40. The highest BCUT2D eigenvalue weighted by molar-refractivity contribution is 5.43. The standard InChI is InChI=1S/C16H28N2O/c1-12-10-15(11-13(2)16(12)19-5)7-9-18(4)8-6-14(3)17/h10-11,14H,6-9,17H2,1-5H3. The maximum atomic E-state index is 5.78. The average Bonchev–Trinajstić information content (AvgIpc) is 2.33. The summed E-state index contributed by atoms with van der Waals surface area (Å²) < 4.78 is 5.40. The average molecular weight is 264 g/mol. The maximum Gasteiger partial charge on any atom is 0.124 e. The number of hydrogen-bond donors (Lipinski definition) is 1. The lowest BCUT2D eigenvalue weighted by molar-refractivity contribution is 0.324. The fourth-order valence-electron chi connectivity index (χ4n) is 2.36. The van der Waals surface area contributed by atoms with E-state index in [0.717, 1.165) is 31.7 Å². The number of nitrogens with zero attached hydrogens (tertiary/aromatic N) is 1. The van der Waals surface area contributed by atoms with E-state index in [1.165, 1.54) is 16.7 Å². The summed E-state index contributed by atoms with van der Waals surface area (Å²) in [5, 5.41) is 0. The molecule has 0 aromatic heterocycles. The number of benzene rings is 1. The van der Waals surface area contributed by atoms with E-state index in [-0.39, 0.29) is 6.04 Å². The lowest BCUT2D eigenvalue weighted by Gasteiger charge is -2.18. The van der Waals surface area contributed by atoms with Gasteiger partial charge in [0.2, 0.25) is 0 Å². The molecule has 0 aliphatic heterocycles. The van der Waals surface area contributed by atoms with Gasteiger partial charge in [-0.05, 0) is 63.9 Å². The molecule has 19 heavy (non-hydrogen) atoms. The van der Waals surface area contributed by atoms with Gasteiger partial charge in [0, 0.05) is 12.6 Å². The summed E-state index contributed by atoms with van der Waals surface area (Å²) in [7, 11) is 3.89. The van der Waals surface area contributed by atoms with Crippen LogP contribution in [0, 0.1) is 13.8 Å². The van der Waals surface area contributed by atoms with Gasteiger partial charge in [-0.15, -0.1) is 0 Å². The van der Waals surface area contributed by atoms with E-state index in [1.807, 2.05) is 0 Å². The van der Waals surface area contributed by atoms with Gasteiger partial charge >= 0.3 is 0 Å². The predicted molar refractivity (Wildman–Crippen MR) is 81.9 cm³/mol. The predicted octanol–water partition coefficient (Wildman–Crippen LogP) is 2.52. The molecule has 0 saturated carbocycles. The first kappa shape index (κ1) is 16.0. The van der Waals surface area contributed by atoms with Crippen LogP contribution in [-0.2, 0) is 6.42 Å². The Balaban J connectivity index is 2.54. The summed E-state index contributed by atoms with van der Waals surface area (Å²) >= 11 is 0. The second-order valence-corrected chi connectivity index (χ2v) is 5.58. The van der Waals surface area contributed by atoms with Crippen LogP contribution in [0.25, 0.3) is 0 Å². The first-order chi connectivity index (χ1) is 8.93. The first-order valence-electron chi connectivity index (χ1n) is 7.02. The molecule has 1 aromatic carbocycles. The molecule has 0 aliphatic carbocycles. The van der Waals surface area contributed by atoms with E-state index in [1.54, 1.807) is 7.11 Å². The third-order valence-electron chi connectivity index (χ3n) is 3.47. The molecule has 0 spiro atoms. The Labute approximate surface area is 117 Å². The van der Waals surface area contributed by atoms with Crippen LogP contribution in [0.5, 0.6) is 5.75 Å². The Morgan fingerprint density at radius 1 is 1.21 bits per heavy atom. The Hall–Kier alpha value is -1.06. The van der Waals surface area contributed by atoms with Crippen molar-refractivity contribution < 1.29 is 4.74 Å². The highest BCUT2D eigenvalue weighted by Crippen LogP contribution is 2.24. The Morgan fingerprint density at radius 3 is 2.26 bits per heavy atom. The van der Waals surface area contributed by atoms with E-state index < -0.39 is 0 Å². The van der Waals surface area contributed by atoms with E-state index >= 15 is 0 Å². The molecule has 0 amide bonds. The van der Waals surface area contributed by atoms with Crippen molar-refractivity contribution >= 4 is 0 Å². The molecule has 2 N–H and O–H groups in total. The van der Waals surface area contributed by atoms with Crippen LogP contribution in [0.15, 0.2) is 12.1 Å². The first-order valence-corrected chi connectivity index (χ1v) is 7.02. The van der Waals surface area contributed by atoms with E-state index in [0.29, 0.717) is 0 Å². The summed E-state index contributed by atoms with van der Waals surface area (Å²) in [6.07, 6.45) is 2.12. The molecular weight excluding hydrogens is 236 g/mol. The van der Waals surface area contributed by atoms with Gasteiger partial charge in [0.05, 0.1) is 7.11 Å². The van der Waals surface area contributed by atoms with Crippen molar-refractivity contribution in [1.82, 2.24) is 4.90 Å². The zero-order valence-electron chi connectivity index (χ0n) is 13.0. The van der Waals surface area contributed by atoms with E-state index in [2.05, 4.69) is 44.9 Å². The molecule has 0 aliphatic rings. The summed E-state index contributed by atoms with van der Waals surface area (Å²) in [5.74, 6) is 1.01. The van der Waals surface area contributed by atoms with Crippen molar-refractivity contribution in [2.45, 2.75) is 39.7 Å². The van der Waals surface area contributed by atoms with Gasteiger partial charge in [0.15, 0.2) is 0 Å².